The molecule has 1 aromatic carbocycles. The molecular formula is C16H19NO5. The molecule has 118 valence electrons. The van der Waals surface area contributed by atoms with Crippen LogP contribution >= 0.6 is 0 Å². The van der Waals surface area contributed by atoms with Crippen LogP contribution in [0, 0.1) is 0 Å². The number of allylic oxidation sites excluding steroid dienone is 1. The number of ether oxygens (including phenoxy) is 2. The van der Waals surface area contributed by atoms with Crippen molar-refractivity contribution >= 4 is 17.8 Å². The maximum atomic E-state index is 11.8. The minimum Gasteiger partial charge on any atom is -0.467 e. The lowest BCUT2D eigenvalue weighted by molar-refractivity contribution is -0.147. The molecule has 1 atom stereocenters. The molecule has 0 heterocycles. The highest BCUT2D eigenvalue weighted by Gasteiger charge is 2.22. The summed E-state index contributed by atoms with van der Waals surface area (Å²) in [7, 11) is 1.25. The molecule has 0 saturated carbocycles. The van der Waals surface area contributed by atoms with Crippen LogP contribution in [0.4, 0.5) is 0 Å². The van der Waals surface area contributed by atoms with Crippen LogP contribution in [0.3, 0.4) is 0 Å². The van der Waals surface area contributed by atoms with Gasteiger partial charge in [0.05, 0.1) is 7.11 Å². The van der Waals surface area contributed by atoms with Crippen molar-refractivity contribution < 1.29 is 23.9 Å². The number of amides is 1. The van der Waals surface area contributed by atoms with Crippen LogP contribution in [0.5, 0.6) is 0 Å². The van der Waals surface area contributed by atoms with Crippen molar-refractivity contribution in [3.05, 3.63) is 48.0 Å². The Hall–Kier alpha value is -2.63. The van der Waals surface area contributed by atoms with Crippen LogP contribution in [0.2, 0.25) is 0 Å². The van der Waals surface area contributed by atoms with Gasteiger partial charge in [-0.1, -0.05) is 36.4 Å². The summed E-state index contributed by atoms with van der Waals surface area (Å²) in [4.78, 5) is 34.6. The van der Waals surface area contributed by atoms with Crippen LogP contribution < -0.4 is 5.32 Å². The molecule has 0 aliphatic heterocycles. The lowest BCUT2D eigenvalue weighted by atomic mass is 10.1. The fourth-order valence-corrected chi connectivity index (χ4v) is 1.74. The summed E-state index contributed by atoms with van der Waals surface area (Å²) >= 11 is 0. The van der Waals surface area contributed by atoms with Gasteiger partial charge in [-0.05, 0) is 12.5 Å². The molecule has 0 fully saturated rings. The second-order valence-electron chi connectivity index (χ2n) is 4.44. The first-order valence-electron chi connectivity index (χ1n) is 6.77. The Morgan fingerprint density at radius 1 is 1.23 bits per heavy atom. The van der Waals surface area contributed by atoms with Crippen molar-refractivity contribution in [3.8, 4) is 0 Å². The van der Waals surface area contributed by atoms with Gasteiger partial charge in [0, 0.05) is 12.5 Å². The number of carbonyl (C=O) groups excluding carboxylic acids is 3. The number of nitrogens with one attached hydrogen (secondary N) is 1. The molecular weight excluding hydrogens is 286 g/mol. The molecule has 6 nitrogen and oxygen atoms in total. The Kier molecular flexibility index (Phi) is 7.39. The number of esters is 2. The van der Waals surface area contributed by atoms with Gasteiger partial charge in [-0.25, -0.2) is 9.59 Å². The Balaban J connectivity index is 2.59. The number of benzene rings is 1. The van der Waals surface area contributed by atoms with Crippen molar-refractivity contribution in [2.24, 2.45) is 0 Å². The van der Waals surface area contributed by atoms with E-state index in [4.69, 9.17) is 4.74 Å². The van der Waals surface area contributed by atoms with Gasteiger partial charge in [0.2, 0.25) is 0 Å². The third-order valence-electron chi connectivity index (χ3n) is 2.75. The first-order valence-corrected chi connectivity index (χ1v) is 6.77. The van der Waals surface area contributed by atoms with Crippen LogP contribution in [0.1, 0.15) is 12.5 Å². The summed E-state index contributed by atoms with van der Waals surface area (Å²) in [5, 5.41) is 2.50. The Morgan fingerprint density at radius 2 is 1.91 bits per heavy atom. The first-order chi connectivity index (χ1) is 10.6. The number of methoxy groups -OCH3 is 1. The van der Waals surface area contributed by atoms with E-state index in [1.807, 2.05) is 30.3 Å². The fraction of sp³-hybridized carbons (Fsp3) is 0.312. The van der Waals surface area contributed by atoms with Crippen molar-refractivity contribution in [1.29, 1.82) is 0 Å². The zero-order valence-electron chi connectivity index (χ0n) is 12.6. The van der Waals surface area contributed by atoms with Gasteiger partial charge in [-0.3, -0.25) is 4.79 Å². The minimum absolute atomic E-state index is 0.294. The van der Waals surface area contributed by atoms with E-state index in [0.717, 1.165) is 5.56 Å². The van der Waals surface area contributed by atoms with Crippen molar-refractivity contribution in [2.75, 3.05) is 13.7 Å². The smallest absolute Gasteiger partial charge is 0.330 e. The van der Waals surface area contributed by atoms with Crippen molar-refractivity contribution in [3.63, 3.8) is 0 Å². The fourth-order valence-electron chi connectivity index (χ4n) is 1.74. The molecule has 1 aromatic rings. The van der Waals surface area contributed by atoms with E-state index in [-0.39, 0.29) is 0 Å². The first kappa shape index (κ1) is 17.4. The minimum atomic E-state index is -0.833. The molecule has 0 saturated heterocycles. The number of hydrogen-bond acceptors (Lipinski definition) is 5. The van der Waals surface area contributed by atoms with Gasteiger partial charge in [-0.15, -0.1) is 0 Å². The lowest BCUT2D eigenvalue weighted by Crippen LogP contribution is -2.44. The second kappa shape index (κ2) is 9.33. The molecule has 22 heavy (non-hydrogen) atoms. The maximum Gasteiger partial charge on any atom is 0.330 e. The molecule has 1 rings (SSSR count). The van der Waals surface area contributed by atoms with Gasteiger partial charge < -0.3 is 14.8 Å². The molecule has 1 N–H and O–H groups in total. The molecule has 0 bridgehead atoms. The van der Waals surface area contributed by atoms with E-state index in [1.54, 1.807) is 6.92 Å². The maximum absolute atomic E-state index is 11.8. The van der Waals surface area contributed by atoms with E-state index in [2.05, 4.69) is 10.1 Å². The second-order valence-corrected chi connectivity index (χ2v) is 4.44. The number of rotatable bonds is 7. The van der Waals surface area contributed by atoms with E-state index in [9.17, 15) is 14.4 Å². The average molecular weight is 305 g/mol. The predicted octanol–water partition coefficient (Wildman–Crippen LogP) is 1.01. The van der Waals surface area contributed by atoms with E-state index >= 15 is 0 Å². The van der Waals surface area contributed by atoms with E-state index in [0.29, 0.717) is 6.42 Å². The van der Waals surface area contributed by atoms with Crippen molar-refractivity contribution in [1.82, 2.24) is 5.32 Å². The normalized spacial score (nSPS) is 11.7. The zero-order chi connectivity index (χ0) is 16.4. The summed E-state index contributed by atoms with van der Waals surface area (Å²) in [6.45, 7) is 1.21. The lowest BCUT2D eigenvalue weighted by Gasteiger charge is -2.16. The topological polar surface area (TPSA) is 81.7 Å². The van der Waals surface area contributed by atoms with Crippen LogP contribution in [-0.4, -0.2) is 37.6 Å². The third-order valence-corrected chi connectivity index (χ3v) is 2.75. The quantitative estimate of drug-likeness (QED) is 0.600. The molecule has 0 aliphatic carbocycles. The molecule has 1 unspecified atom stereocenters. The van der Waals surface area contributed by atoms with Gasteiger partial charge in [0.15, 0.2) is 6.61 Å². The zero-order valence-corrected chi connectivity index (χ0v) is 12.6. The van der Waals surface area contributed by atoms with Crippen LogP contribution in [0.25, 0.3) is 0 Å². The Labute approximate surface area is 129 Å². The van der Waals surface area contributed by atoms with Gasteiger partial charge in [0.1, 0.15) is 6.04 Å². The van der Waals surface area contributed by atoms with Gasteiger partial charge in [0.25, 0.3) is 5.91 Å². The Morgan fingerprint density at radius 3 is 2.50 bits per heavy atom. The van der Waals surface area contributed by atoms with Gasteiger partial charge >= 0.3 is 11.9 Å². The van der Waals surface area contributed by atoms with E-state index in [1.165, 1.54) is 19.3 Å². The highest BCUT2D eigenvalue weighted by atomic mass is 16.5. The number of carbonyl (C=O) groups is 3. The largest absolute Gasteiger partial charge is 0.467 e. The molecule has 0 spiro atoms. The molecule has 0 radical (unpaired) electrons. The molecule has 0 aromatic heterocycles. The van der Waals surface area contributed by atoms with Crippen molar-refractivity contribution in [2.45, 2.75) is 19.4 Å². The molecule has 0 aliphatic rings. The predicted molar refractivity (Wildman–Crippen MR) is 79.9 cm³/mol. The summed E-state index contributed by atoms with van der Waals surface area (Å²) in [6.07, 6.45) is 3.00. The summed E-state index contributed by atoms with van der Waals surface area (Å²) in [5.41, 5.74) is 0.879. The highest BCUT2D eigenvalue weighted by Crippen LogP contribution is 2.04. The van der Waals surface area contributed by atoms with Gasteiger partial charge in [-0.2, -0.15) is 0 Å². The highest BCUT2D eigenvalue weighted by molar-refractivity contribution is 5.88. The van der Waals surface area contributed by atoms with E-state index < -0.39 is 30.5 Å². The summed E-state index contributed by atoms with van der Waals surface area (Å²) < 4.78 is 9.40. The molecule has 1 amide bonds. The summed E-state index contributed by atoms with van der Waals surface area (Å²) in [5.74, 6) is -1.74. The SMILES string of the molecule is C/C=C/C(=O)OCC(=O)NC(Cc1ccccc1)C(=O)OC. The monoisotopic (exact) mass is 305 g/mol. The van der Waals surface area contributed by atoms with Crippen LogP contribution in [0.15, 0.2) is 42.5 Å². The average Bonchev–Trinajstić information content (AvgIpc) is 2.53. The Bertz CT molecular complexity index is 539. The standard InChI is InChI=1S/C16H19NO5/c1-3-7-15(19)22-11-14(18)17-13(16(20)21-2)10-12-8-5-4-6-9-12/h3-9,13H,10-11H2,1-2H3,(H,17,18)/b7-3+. The number of hydrogen-bond donors (Lipinski definition) is 1. The molecule has 6 heteroatoms. The van der Waals surface area contributed by atoms with Crippen LogP contribution in [-0.2, 0) is 30.3 Å². The third kappa shape index (κ3) is 6.21. The summed E-state index contributed by atoms with van der Waals surface area (Å²) in [6, 6.07) is 8.38.